The summed E-state index contributed by atoms with van der Waals surface area (Å²) in [7, 11) is 0. The predicted molar refractivity (Wildman–Crippen MR) is 86.6 cm³/mol. The van der Waals surface area contributed by atoms with Crippen molar-refractivity contribution < 1.29 is 14.3 Å². The number of likely N-dealkylation sites (tertiary alicyclic amines) is 1. The van der Waals surface area contributed by atoms with Crippen molar-refractivity contribution in [1.29, 1.82) is 0 Å². The van der Waals surface area contributed by atoms with E-state index in [4.69, 9.17) is 9.47 Å². The largest absolute Gasteiger partial charge is 0.484 e. The van der Waals surface area contributed by atoms with Crippen LogP contribution >= 0.6 is 0 Å². The lowest BCUT2D eigenvalue weighted by Gasteiger charge is -2.38. The number of aryl methyl sites for hydroxylation is 2. The van der Waals surface area contributed by atoms with E-state index < -0.39 is 0 Å². The monoisotopic (exact) mass is 312 g/mol. The molecule has 0 aliphatic carbocycles. The minimum Gasteiger partial charge on any atom is -0.484 e. The van der Waals surface area contributed by atoms with Gasteiger partial charge in [-0.25, -0.2) is 4.98 Å². The summed E-state index contributed by atoms with van der Waals surface area (Å²) < 4.78 is 11.3. The summed E-state index contributed by atoms with van der Waals surface area (Å²) in [5.41, 5.74) is 2.03. The van der Waals surface area contributed by atoms with E-state index in [9.17, 15) is 4.79 Å². The summed E-state index contributed by atoms with van der Waals surface area (Å²) in [5.74, 6) is 1.30. The Morgan fingerprint density at radius 1 is 1.22 bits per heavy atom. The van der Waals surface area contributed by atoms with Crippen LogP contribution in [0.2, 0.25) is 0 Å². The predicted octanol–water partition coefficient (Wildman–Crippen LogP) is 2.37. The lowest BCUT2D eigenvalue weighted by Crippen LogP contribution is -2.57. The van der Waals surface area contributed by atoms with Crippen LogP contribution in [0.5, 0.6) is 11.6 Å². The molecule has 23 heavy (non-hydrogen) atoms. The molecule has 0 N–H and O–H groups in total. The van der Waals surface area contributed by atoms with Crippen molar-refractivity contribution >= 4 is 5.91 Å². The Balaban J connectivity index is 1.43. The molecule has 3 rings (SSSR count). The molecule has 1 fully saturated rings. The van der Waals surface area contributed by atoms with Gasteiger partial charge in [-0.2, -0.15) is 0 Å². The highest BCUT2D eigenvalue weighted by molar-refractivity contribution is 5.78. The molecule has 0 atom stereocenters. The highest BCUT2D eigenvalue weighted by atomic mass is 16.5. The van der Waals surface area contributed by atoms with E-state index in [2.05, 4.69) is 4.98 Å². The molecule has 0 bridgehead atoms. The van der Waals surface area contributed by atoms with E-state index in [-0.39, 0.29) is 18.6 Å². The zero-order valence-electron chi connectivity index (χ0n) is 13.4. The van der Waals surface area contributed by atoms with Crippen LogP contribution in [0, 0.1) is 13.8 Å². The molecule has 1 aliphatic rings. The van der Waals surface area contributed by atoms with Crippen molar-refractivity contribution in [3.05, 3.63) is 53.7 Å². The smallest absolute Gasteiger partial charge is 0.260 e. The highest BCUT2D eigenvalue weighted by Gasteiger charge is 2.32. The van der Waals surface area contributed by atoms with Crippen LogP contribution in [0.15, 0.2) is 42.5 Å². The van der Waals surface area contributed by atoms with Crippen LogP contribution in [-0.2, 0) is 4.79 Å². The molecule has 1 saturated heterocycles. The third kappa shape index (κ3) is 4.00. The lowest BCUT2D eigenvalue weighted by molar-refractivity contribution is -0.142. The molecule has 5 nitrogen and oxygen atoms in total. The van der Waals surface area contributed by atoms with Crippen LogP contribution in [0.3, 0.4) is 0 Å². The number of hydrogen-bond acceptors (Lipinski definition) is 4. The zero-order chi connectivity index (χ0) is 16.2. The van der Waals surface area contributed by atoms with Crippen LogP contribution in [0.25, 0.3) is 0 Å². The van der Waals surface area contributed by atoms with E-state index in [1.54, 1.807) is 4.90 Å². The maximum Gasteiger partial charge on any atom is 0.260 e. The Morgan fingerprint density at radius 3 is 2.74 bits per heavy atom. The van der Waals surface area contributed by atoms with Crippen LogP contribution in [-0.4, -0.2) is 41.6 Å². The quantitative estimate of drug-likeness (QED) is 0.850. The van der Waals surface area contributed by atoms with Crippen molar-refractivity contribution in [2.24, 2.45) is 0 Å². The molecule has 2 aromatic rings. The van der Waals surface area contributed by atoms with E-state index >= 15 is 0 Å². The maximum absolute atomic E-state index is 12.1. The summed E-state index contributed by atoms with van der Waals surface area (Å²) in [6, 6.07) is 13.3. The maximum atomic E-state index is 12.1. The summed E-state index contributed by atoms with van der Waals surface area (Å²) >= 11 is 0. The fourth-order valence-electron chi connectivity index (χ4n) is 2.41. The van der Waals surface area contributed by atoms with Gasteiger partial charge in [0, 0.05) is 11.8 Å². The molecule has 2 heterocycles. The minimum atomic E-state index is -0.0245. The first-order chi connectivity index (χ1) is 11.1. The van der Waals surface area contributed by atoms with Crippen molar-refractivity contribution in [3.63, 3.8) is 0 Å². The lowest BCUT2D eigenvalue weighted by atomic mass is 10.1. The van der Waals surface area contributed by atoms with Crippen molar-refractivity contribution in [3.8, 4) is 11.6 Å². The van der Waals surface area contributed by atoms with E-state index in [1.165, 1.54) is 0 Å². The Kier molecular flexibility index (Phi) is 4.46. The number of hydrogen-bond donors (Lipinski definition) is 0. The molecular weight excluding hydrogens is 292 g/mol. The fourth-order valence-corrected chi connectivity index (χ4v) is 2.41. The normalized spacial score (nSPS) is 14.3. The molecule has 0 unspecified atom stereocenters. The number of carbonyl (C=O) groups is 1. The Labute approximate surface area is 135 Å². The standard InChI is InChI=1S/C18H20N2O3/c1-13-5-3-7-15(9-13)22-12-18(21)20-10-16(11-20)23-17-8-4-6-14(2)19-17/h3-9,16H,10-12H2,1-2H3. The van der Waals surface area contributed by atoms with Gasteiger partial charge in [0.15, 0.2) is 6.61 Å². The zero-order valence-corrected chi connectivity index (χ0v) is 13.4. The van der Waals surface area contributed by atoms with Gasteiger partial charge in [-0.1, -0.05) is 18.2 Å². The molecule has 1 aromatic carbocycles. The fraction of sp³-hybridized carbons (Fsp3) is 0.333. The number of aromatic nitrogens is 1. The van der Waals surface area contributed by atoms with Gasteiger partial charge < -0.3 is 14.4 Å². The molecule has 5 heteroatoms. The topological polar surface area (TPSA) is 51.7 Å². The number of rotatable bonds is 5. The number of nitrogens with zero attached hydrogens (tertiary/aromatic N) is 2. The van der Waals surface area contributed by atoms with Gasteiger partial charge in [0.05, 0.1) is 13.1 Å². The minimum absolute atomic E-state index is 0.00668. The Hall–Kier alpha value is -2.56. The first-order valence-electron chi connectivity index (χ1n) is 7.68. The van der Waals surface area contributed by atoms with Gasteiger partial charge in [0.2, 0.25) is 5.88 Å². The number of pyridine rings is 1. The number of benzene rings is 1. The molecule has 1 amide bonds. The summed E-state index contributed by atoms with van der Waals surface area (Å²) in [5, 5.41) is 0. The molecular formula is C18H20N2O3. The van der Waals surface area contributed by atoms with Crippen molar-refractivity contribution in [1.82, 2.24) is 9.88 Å². The average molecular weight is 312 g/mol. The molecule has 120 valence electrons. The average Bonchev–Trinajstić information content (AvgIpc) is 2.48. The third-order valence-corrected chi connectivity index (χ3v) is 3.70. The van der Waals surface area contributed by atoms with E-state index in [0.717, 1.165) is 17.0 Å². The summed E-state index contributed by atoms with van der Waals surface area (Å²) in [6.45, 7) is 5.12. The Morgan fingerprint density at radius 2 is 2.00 bits per heavy atom. The second-order valence-electron chi connectivity index (χ2n) is 5.76. The molecule has 1 aliphatic heterocycles. The van der Waals surface area contributed by atoms with Crippen LogP contribution in [0.1, 0.15) is 11.3 Å². The Bertz CT molecular complexity index is 696. The summed E-state index contributed by atoms with van der Waals surface area (Å²) in [4.78, 5) is 18.1. The first-order valence-corrected chi connectivity index (χ1v) is 7.68. The van der Waals surface area contributed by atoms with E-state index in [1.807, 2.05) is 56.3 Å². The van der Waals surface area contributed by atoms with Gasteiger partial charge in [0.1, 0.15) is 11.9 Å². The van der Waals surface area contributed by atoms with Crippen molar-refractivity contribution in [2.75, 3.05) is 19.7 Å². The summed E-state index contributed by atoms with van der Waals surface area (Å²) in [6.07, 6.45) is 0.00668. The highest BCUT2D eigenvalue weighted by Crippen LogP contribution is 2.17. The van der Waals surface area contributed by atoms with Gasteiger partial charge in [0.25, 0.3) is 5.91 Å². The van der Waals surface area contributed by atoms with Gasteiger partial charge in [-0.15, -0.1) is 0 Å². The molecule has 0 spiro atoms. The van der Waals surface area contributed by atoms with Gasteiger partial charge in [-0.3, -0.25) is 4.79 Å². The van der Waals surface area contributed by atoms with Crippen molar-refractivity contribution in [2.45, 2.75) is 20.0 Å². The molecule has 1 aromatic heterocycles. The van der Waals surface area contributed by atoms with Gasteiger partial charge >= 0.3 is 0 Å². The van der Waals surface area contributed by atoms with Crippen LogP contribution in [0.4, 0.5) is 0 Å². The SMILES string of the molecule is Cc1cccc(OCC(=O)N2CC(Oc3cccc(C)n3)C2)c1. The van der Waals surface area contributed by atoms with E-state index in [0.29, 0.717) is 19.0 Å². The molecule has 0 saturated carbocycles. The number of carbonyl (C=O) groups excluding carboxylic acids is 1. The molecule has 0 radical (unpaired) electrons. The third-order valence-electron chi connectivity index (χ3n) is 3.70. The first kappa shape index (κ1) is 15.3. The number of amides is 1. The van der Waals surface area contributed by atoms with Gasteiger partial charge in [-0.05, 0) is 37.6 Å². The number of ether oxygens (including phenoxy) is 2. The van der Waals surface area contributed by atoms with Crippen LogP contribution < -0.4 is 9.47 Å². The second-order valence-corrected chi connectivity index (χ2v) is 5.76. The second kappa shape index (κ2) is 6.69.